The molecule has 36 heavy (non-hydrogen) atoms. The van der Waals surface area contributed by atoms with Crippen LogP contribution in [0, 0.1) is 6.92 Å². The number of ether oxygens (including phenoxy) is 2. The van der Waals surface area contributed by atoms with Crippen molar-refractivity contribution < 1.29 is 23.9 Å². The normalized spacial score (nSPS) is 20.8. The van der Waals surface area contributed by atoms with Crippen LogP contribution in [0.3, 0.4) is 0 Å². The summed E-state index contributed by atoms with van der Waals surface area (Å²) in [7, 11) is 1.54. The average molecular weight is 497 g/mol. The Balaban J connectivity index is 1.77. The number of methoxy groups -OCH3 is 1. The predicted octanol–water partition coefficient (Wildman–Crippen LogP) is 4.03. The first-order chi connectivity index (χ1) is 17.3. The Morgan fingerprint density at radius 1 is 1.14 bits per heavy atom. The van der Waals surface area contributed by atoms with E-state index in [0.29, 0.717) is 11.4 Å². The highest BCUT2D eigenvalue weighted by molar-refractivity contribution is 6.13. The van der Waals surface area contributed by atoms with E-state index in [1.165, 1.54) is 42.0 Å². The molecule has 1 N–H and O–H groups in total. The Morgan fingerprint density at radius 3 is 2.50 bits per heavy atom. The monoisotopic (exact) mass is 496 g/mol. The van der Waals surface area contributed by atoms with E-state index in [4.69, 9.17) is 9.47 Å². The van der Waals surface area contributed by atoms with Gasteiger partial charge in [0.1, 0.15) is 17.0 Å². The van der Waals surface area contributed by atoms with E-state index in [-0.39, 0.29) is 36.5 Å². The number of carbonyl (C=O) groups is 3. The molecule has 2 aliphatic rings. The number of benzene rings is 1. The van der Waals surface area contributed by atoms with Gasteiger partial charge in [0.25, 0.3) is 5.91 Å². The van der Waals surface area contributed by atoms with Crippen molar-refractivity contribution in [2.45, 2.75) is 83.8 Å². The zero-order valence-corrected chi connectivity index (χ0v) is 21.6. The lowest BCUT2D eigenvalue weighted by Gasteiger charge is -2.44. The van der Waals surface area contributed by atoms with Crippen LogP contribution in [0.4, 0.5) is 5.69 Å². The summed E-state index contributed by atoms with van der Waals surface area (Å²) in [6, 6.07) is 7.02. The van der Waals surface area contributed by atoms with Gasteiger partial charge in [-0.1, -0.05) is 38.2 Å². The van der Waals surface area contributed by atoms with E-state index >= 15 is 0 Å². The molecule has 1 aromatic carbocycles. The van der Waals surface area contributed by atoms with Crippen molar-refractivity contribution in [1.82, 2.24) is 15.1 Å². The maximum atomic E-state index is 14.0. The third-order valence-electron chi connectivity index (χ3n) is 7.14. The highest BCUT2D eigenvalue weighted by Crippen LogP contribution is 2.39. The zero-order valence-electron chi connectivity index (χ0n) is 21.6. The first kappa shape index (κ1) is 25.7. The molecule has 4 rings (SSSR count). The molecule has 9 heteroatoms. The van der Waals surface area contributed by atoms with Gasteiger partial charge in [-0.15, -0.1) is 0 Å². The second kappa shape index (κ2) is 10.7. The van der Waals surface area contributed by atoms with Crippen LogP contribution in [0.25, 0.3) is 0 Å². The molecule has 0 bridgehead atoms. The smallest absolute Gasteiger partial charge is 0.358 e. The molecule has 1 unspecified atom stereocenters. The lowest BCUT2D eigenvalue weighted by Crippen LogP contribution is -2.65. The molecular formula is C27H36N4O5. The maximum Gasteiger partial charge on any atom is 0.358 e. The Morgan fingerprint density at radius 2 is 1.83 bits per heavy atom. The lowest BCUT2D eigenvalue weighted by molar-refractivity contribution is -0.127. The lowest BCUT2D eigenvalue weighted by atomic mass is 9.91. The van der Waals surface area contributed by atoms with Crippen molar-refractivity contribution in [2.24, 2.45) is 0 Å². The number of aryl methyl sites for hydroxylation is 1. The molecular weight excluding hydrogens is 460 g/mol. The molecule has 0 spiro atoms. The van der Waals surface area contributed by atoms with Gasteiger partial charge < -0.3 is 14.8 Å². The number of aromatic nitrogens is 2. The third kappa shape index (κ3) is 4.96. The number of nitrogens with one attached hydrogen (secondary N) is 1. The summed E-state index contributed by atoms with van der Waals surface area (Å²) in [5.41, 5.74) is 0.389. The zero-order chi connectivity index (χ0) is 25.9. The molecule has 1 fully saturated rings. The minimum absolute atomic E-state index is 0.0426. The van der Waals surface area contributed by atoms with Crippen LogP contribution in [0.5, 0.6) is 5.75 Å². The van der Waals surface area contributed by atoms with Gasteiger partial charge >= 0.3 is 5.97 Å². The van der Waals surface area contributed by atoms with Gasteiger partial charge in [-0.25, -0.2) is 4.79 Å². The summed E-state index contributed by atoms with van der Waals surface area (Å²) in [6.45, 7) is 5.67. The number of esters is 1. The van der Waals surface area contributed by atoms with Gasteiger partial charge in [0.2, 0.25) is 5.91 Å². The minimum atomic E-state index is -1.30. The second-order valence-electron chi connectivity index (χ2n) is 9.90. The largest absolute Gasteiger partial charge is 0.495 e. The van der Waals surface area contributed by atoms with E-state index in [1.807, 2.05) is 19.1 Å². The quantitative estimate of drug-likeness (QED) is 0.606. The van der Waals surface area contributed by atoms with Crippen molar-refractivity contribution in [3.63, 3.8) is 0 Å². The van der Waals surface area contributed by atoms with Crippen LogP contribution in [-0.2, 0) is 16.1 Å². The molecule has 1 saturated carbocycles. The minimum Gasteiger partial charge on any atom is -0.495 e. The number of hydrogen-bond donors (Lipinski definition) is 1. The number of fused-ring (bicyclic) bond motifs is 1. The number of nitrogens with zero attached hydrogens (tertiary/aromatic N) is 3. The van der Waals surface area contributed by atoms with Gasteiger partial charge in [0.05, 0.1) is 25.9 Å². The van der Waals surface area contributed by atoms with Crippen molar-refractivity contribution in [1.29, 1.82) is 0 Å². The van der Waals surface area contributed by atoms with Gasteiger partial charge in [-0.3, -0.25) is 19.2 Å². The van der Waals surface area contributed by atoms with E-state index in [2.05, 4.69) is 10.4 Å². The number of hydrogen-bond acceptors (Lipinski definition) is 6. The van der Waals surface area contributed by atoms with Crippen LogP contribution in [0.1, 0.15) is 85.3 Å². The van der Waals surface area contributed by atoms with Crippen molar-refractivity contribution in [3.05, 3.63) is 41.2 Å². The summed E-state index contributed by atoms with van der Waals surface area (Å²) < 4.78 is 12.1. The average Bonchev–Trinajstić information content (AvgIpc) is 3.25. The number of carbonyl (C=O) groups excluding carboxylic acids is 3. The van der Waals surface area contributed by atoms with Crippen molar-refractivity contribution in [3.8, 4) is 5.75 Å². The van der Waals surface area contributed by atoms with E-state index in [0.717, 1.165) is 31.2 Å². The molecule has 2 aromatic rings. The van der Waals surface area contributed by atoms with Crippen LogP contribution >= 0.6 is 0 Å². The van der Waals surface area contributed by atoms with E-state index < -0.39 is 17.4 Å². The Hall–Kier alpha value is -3.36. The molecule has 0 radical (unpaired) electrons. The van der Waals surface area contributed by atoms with Gasteiger partial charge in [-0.05, 0) is 51.3 Å². The molecule has 9 nitrogen and oxygen atoms in total. The first-order valence-corrected chi connectivity index (χ1v) is 12.8. The highest BCUT2D eigenvalue weighted by Gasteiger charge is 2.50. The molecule has 2 amide bonds. The molecule has 1 aromatic heterocycles. The Labute approximate surface area is 212 Å². The summed E-state index contributed by atoms with van der Waals surface area (Å²) in [5, 5.41) is 7.59. The fourth-order valence-corrected chi connectivity index (χ4v) is 5.18. The van der Waals surface area contributed by atoms with Gasteiger partial charge in [-0.2, -0.15) is 5.10 Å². The Bertz CT molecular complexity index is 1140. The summed E-state index contributed by atoms with van der Waals surface area (Å²) in [5.74, 6) is -0.794. The van der Waals surface area contributed by atoms with E-state index in [9.17, 15) is 14.4 Å². The fraction of sp³-hybridized carbons (Fsp3) is 0.556. The van der Waals surface area contributed by atoms with Crippen LogP contribution in [0.2, 0.25) is 0 Å². The molecule has 2 heterocycles. The maximum absolute atomic E-state index is 14.0. The summed E-state index contributed by atoms with van der Waals surface area (Å²) >= 11 is 0. The predicted molar refractivity (Wildman–Crippen MR) is 135 cm³/mol. The molecule has 194 valence electrons. The highest BCUT2D eigenvalue weighted by atomic mass is 16.5. The molecule has 0 saturated heterocycles. The standard InChI is InChI=1S/C27H36N4O5/c1-5-36-25(33)20-16-22-24(32)31(21-15-18(2)13-14-23(21)35-4)27(3,17-30(22)29-20)26(34)28-19-11-9-7-6-8-10-12-19/h13-16,19H,5-12,17H2,1-4H3,(H,28,34). The molecule has 1 atom stereocenters. The van der Waals surface area contributed by atoms with Crippen LogP contribution in [-0.4, -0.2) is 52.9 Å². The Kier molecular flexibility index (Phi) is 7.66. The van der Waals surface area contributed by atoms with Gasteiger partial charge in [0.15, 0.2) is 5.69 Å². The van der Waals surface area contributed by atoms with Crippen LogP contribution < -0.4 is 15.0 Å². The number of rotatable bonds is 6. The topological polar surface area (TPSA) is 103 Å². The number of amides is 2. The number of anilines is 1. The van der Waals surface area contributed by atoms with Crippen molar-refractivity contribution >= 4 is 23.5 Å². The fourth-order valence-electron chi connectivity index (χ4n) is 5.18. The molecule has 1 aliphatic heterocycles. The van der Waals surface area contributed by atoms with Crippen LogP contribution in [0.15, 0.2) is 24.3 Å². The first-order valence-electron chi connectivity index (χ1n) is 12.8. The summed E-state index contributed by atoms with van der Waals surface area (Å²) in [4.78, 5) is 41.8. The molecule has 1 aliphatic carbocycles. The van der Waals surface area contributed by atoms with E-state index in [1.54, 1.807) is 19.9 Å². The summed E-state index contributed by atoms with van der Waals surface area (Å²) in [6.07, 6.45) is 7.56. The second-order valence-corrected chi connectivity index (χ2v) is 9.90. The van der Waals surface area contributed by atoms with Crippen molar-refractivity contribution in [2.75, 3.05) is 18.6 Å². The SMILES string of the molecule is CCOC(=O)c1cc2n(n1)CC(C)(C(=O)NC1CCCCCCC1)N(c1cc(C)ccc1OC)C2=O. The van der Waals surface area contributed by atoms with Gasteiger partial charge in [0, 0.05) is 12.1 Å². The third-order valence-corrected chi connectivity index (χ3v) is 7.14.